The quantitative estimate of drug-likeness (QED) is 0.802. The van der Waals surface area contributed by atoms with Crippen molar-refractivity contribution in [2.24, 2.45) is 0 Å². The van der Waals surface area contributed by atoms with Crippen molar-refractivity contribution in [1.82, 2.24) is 15.0 Å². The summed E-state index contributed by atoms with van der Waals surface area (Å²) >= 11 is 11.5. The van der Waals surface area contributed by atoms with E-state index in [1.54, 1.807) is 10.7 Å². The molecule has 0 aliphatic rings. The molecule has 0 amide bonds. The fraction of sp³-hybridized carbons (Fsp3) is 0.273. The summed E-state index contributed by atoms with van der Waals surface area (Å²) in [5.41, 5.74) is 1.63. The number of alkyl halides is 1. The molecule has 0 aliphatic carbocycles. The number of benzene rings is 1. The number of hydrogen-bond donors (Lipinski definition) is 0. The molecule has 2 rings (SSSR count). The van der Waals surface area contributed by atoms with Crippen LogP contribution >= 0.6 is 23.2 Å². The summed E-state index contributed by atoms with van der Waals surface area (Å²) in [6.07, 6.45) is 2.49. The third kappa shape index (κ3) is 3.17. The third-order valence-corrected chi connectivity index (χ3v) is 2.83. The molecule has 1 aromatic heterocycles. The Balaban J connectivity index is 2.13. The van der Waals surface area contributed by atoms with Crippen LogP contribution in [-0.4, -0.2) is 20.9 Å². The zero-order valence-corrected chi connectivity index (χ0v) is 10.4. The van der Waals surface area contributed by atoms with Gasteiger partial charge >= 0.3 is 0 Å². The molecular weight excluding hydrogens is 264 g/mol. The van der Waals surface area contributed by atoms with Crippen molar-refractivity contribution in [3.63, 3.8) is 0 Å². The number of rotatable bonds is 4. The van der Waals surface area contributed by atoms with E-state index in [2.05, 4.69) is 10.3 Å². The van der Waals surface area contributed by atoms with Crippen LogP contribution < -0.4 is 0 Å². The standard InChI is InChI=1S/C11H10Cl2FN3/c12-4-3-10-7-17(16-15-10)6-8-1-2-9(14)5-11(8)13/h1-2,5,7H,3-4,6H2. The molecule has 0 radical (unpaired) electrons. The normalized spacial score (nSPS) is 10.8. The van der Waals surface area contributed by atoms with Gasteiger partial charge in [-0.3, -0.25) is 0 Å². The lowest BCUT2D eigenvalue weighted by atomic mass is 10.2. The molecule has 2 aromatic rings. The van der Waals surface area contributed by atoms with E-state index in [4.69, 9.17) is 23.2 Å². The Bertz CT molecular complexity index is 513. The average Bonchev–Trinajstić information content (AvgIpc) is 2.71. The van der Waals surface area contributed by atoms with E-state index in [1.807, 2.05) is 6.20 Å². The van der Waals surface area contributed by atoms with Gasteiger partial charge in [0.1, 0.15) is 5.82 Å². The van der Waals surface area contributed by atoms with Crippen molar-refractivity contribution in [2.45, 2.75) is 13.0 Å². The molecule has 0 unspecified atom stereocenters. The number of aryl methyl sites for hydroxylation is 1. The van der Waals surface area contributed by atoms with Crippen molar-refractivity contribution < 1.29 is 4.39 Å². The molecule has 0 spiro atoms. The topological polar surface area (TPSA) is 30.7 Å². The smallest absolute Gasteiger partial charge is 0.124 e. The van der Waals surface area contributed by atoms with Crippen LogP contribution in [0.4, 0.5) is 4.39 Å². The van der Waals surface area contributed by atoms with E-state index in [1.165, 1.54) is 12.1 Å². The van der Waals surface area contributed by atoms with Crippen LogP contribution in [0.25, 0.3) is 0 Å². The molecule has 0 aliphatic heterocycles. The summed E-state index contributed by atoms with van der Waals surface area (Å²) in [5.74, 6) is 0.163. The second-order valence-electron chi connectivity index (χ2n) is 3.58. The lowest BCUT2D eigenvalue weighted by Crippen LogP contribution is -2.01. The van der Waals surface area contributed by atoms with Crippen LogP contribution in [0.5, 0.6) is 0 Å². The van der Waals surface area contributed by atoms with Gasteiger partial charge in [0.05, 0.1) is 12.2 Å². The molecule has 0 saturated heterocycles. The lowest BCUT2D eigenvalue weighted by molar-refractivity contribution is 0.621. The Morgan fingerprint density at radius 1 is 1.35 bits per heavy atom. The Morgan fingerprint density at radius 3 is 2.88 bits per heavy atom. The maximum atomic E-state index is 12.9. The van der Waals surface area contributed by atoms with Crippen molar-refractivity contribution in [3.8, 4) is 0 Å². The average molecular weight is 274 g/mol. The maximum absolute atomic E-state index is 12.9. The second-order valence-corrected chi connectivity index (χ2v) is 4.37. The predicted molar refractivity (Wildman–Crippen MR) is 65.0 cm³/mol. The largest absolute Gasteiger partial charge is 0.248 e. The summed E-state index contributed by atoms with van der Waals surface area (Å²) in [6.45, 7) is 0.467. The number of halogens is 3. The molecule has 90 valence electrons. The molecule has 0 fully saturated rings. The van der Waals surface area contributed by atoms with E-state index >= 15 is 0 Å². The van der Waals surface area contributed by atoms with Crippen LogP contribution in [0.15, 0.2) is 24.4 Å². The fourth-order valence-electron chi connectivity index (χ4n) is 1.45. The van der Waals surface area contributed by atoms with Gasteiger partial charge in [0, 0.05) is 23.5 Å². The van der Waals surface area contributed by atoms with Crippen molar-refractivity contribution in [3.05, 3.63) is 46.5 Å². The molecule has 0 bridgehead atoms. The van der Waals surface area contributed by atoms with Gasteiger partial charge in [-0.2, -0.15) is 0 Å². The molecule has 0 N–H and O–H groups in total. The molecule has 0 atom stereocenters. The van der Waals surface area contributed by atoms with Crippen molar-refractivity contribution in [2.75, 3.05) is 5.88 Å². The molecular formula is C11H10Cl2FN3. The van der Waals surface area contributed by atoms with Crippen molar-refractivity contribution in [1.29, 1.82) is 0 Å². The van der Waals surface area contributed by atoms with Crippen LogP contribution in [0.3, 0.4) is 0 Å². The van der Waals surface area contributed by atoms with E-state index in [0.717, 1.165) is 11.3 Å². The van der Waals surface area contributed by atoms with Crippen LogP contribution in [-0.2, 0) is 13.0 Å². The zero-order chi connectivity index (χ0) is 12.3. The minimum atomic E-state index is -0.347. The Morgan fingerprint density at radius 2 is 2.18 bits per heavy atom. The van der Waals surface area contributed by atoms with Gasteiger partial charge in [0.15, 0.2) is 0 Å². The van der Waals surface area contributed by atoms with Gasteiger partial charge in [0.25, 0.3) is 0 Å². The van der Waals surface area contributed by atoms with Crippen LogP contribution in [0.2, 0.25) is 5.02 Å². The fourth-order valence-corrected chi connectivity index (χ4v) is 1.87. The van der Waals surface area contributed by atoms with E-state index < -0.39 is 0 Å². The molecule has 1 aromatic carbocycles. The highest BCUT2D eigenvalue weighted by Gasteiger charge is 2.05. The van der Waals surface area contributed by atoms with E-state index in [-0.39, 0.29) is 5.82 Å². The zero-order valence-electron chi connectivity index (χ0n) is 8.91. The van der Waals surface area contributed by atoms with Crippen molar-refractivity contribution >= 4 is 23.2 Å². The summed E-state index contributed by atoms with van der Waals surface area (Å²) in [7, 11) is 0. The van der Waals surface area contributed by atoms with Gasteiger partial charge in [-0.05, 0) is 17.7 Å². The lowest BCUT2D eigenvalue weighted by Gasteiger charge is -2.03. The molecule has 17 heavy (non-hydrogen) atoms. The minimum absolute atomic E-state index is 0.347. The first-order valence-electron chi connectivity index (χ1n) is 5.08. The number of nitrogens with zero attached hydrogens (tertiary/aromatic N) is 3. The van der Waals surface area contributed by atoms with E-state index in [0.29, 0.717) is 23.9 Å². The molecule has 6 heteroatoms. The Labute approximate surface area is 108 Å². The van der Waals surface area contributed by atoms with Gasteiger partial charge in [-0.15, -0.1) is 16.7 Å². The van der Waals surface area contributed by atoms with Gasteiger partial charge in [0.2, 0.25) is 0 Å². The third-order valence-electron chi connectivity index (χ3n) is 2.28. The summed E-state index contributed by atoms with van der Waals surface area (Å²) in [5, 5.41) is 8.30. The highest BCUT2D eigenvalue weighted by Crippen LogP contribution is 2.18. The Kier molecular flexibility index (Phi) is 3.97. The summed E-state index contributed by atoms with van der Waals surface area (Å²) in [6, 6.07) is 4.30. The minimum Gasteiger partial charge on any atom is -0.248 e. The molecule has 3 nitrogen and oxygen atoms in total. The Hall–Kier alpha value is -1.13. The van der Waals surface area contributed by atoms with E-state index in [9.17, 15) is 4.39 Å². The first-order valence-corrected chi connectivity index (χ1v) is 5.99. The predicted octanol–water partition coefficient (Wildman–Crippen LogP) is 2.90. The monoisotopic (exact) mass is 273 g/mol. The van der Waals surface area contributed by atoms with Crippen LogP contribution in [0, 0.1) is 5.82 Å². The first-order chi connectivity index (χ1) is 8.19. The first kappa shape index (κ1) is 12.3. The summed E-state index contributed by atoms with van der Waals surface area (Å²) in [4.78, 5) is 0. The van der Waals surface area contributed by atoms with Gasteiger partial charge < -0.3 is 0 Å². The second kappa shape index (κ2) is 5.47. The SMILES string of the molecule is Fc1ccc(Cn2cc(CCCl)nn2)c(Cl)c1. The van der Waals surface area contributed by atoms with Gasteiger partial charge in [-0.25, -0.2) is 9.07 Å². The molecule has 0 saturated carbocycles. The summed E-state index contributed by atoms with van der Waals surface area (Å²) < 4.78 is 14.5. The maximum Gasteiger partial charge on any atom is 0.124 e. The van der Waals surface area contributed by atoms with Gasteiger partial charge in [-0.1, -0.05) is 22.9 Å². The number of hydrogen-bond acceptors (Lipinski definition) is 2. The highest BCUT2D eigenvalue weighted by molar-refractivity contribution is 6.31. The molecule has 1 heterocycles. The van der Waals surface area contributed by atoms with Crippen LogP contribution in [0.1, 0.15) is 11.3 Å². The number of aromatic nitrogens is 3. The highest BCUT2D eigenvalue weighted by atomic mass is 35.5.